The maximum atomic E-state index is 12.6. The summed E-state index contributed by atoms with van der Waals surface area (Å²) in [4.78, 5) is 31.1. The first-order valence-electron chi connectivity index (χ1n) is 9.41. The average Bonchev–Trinajstić information content (AvgIpc) is 3.22. The number of rotatable bonds is 4. The Hall–Kier alpha value is -1.96. The van der Waals surface area contributed by atoms with Gasteiger partial charge in [-0.15, -0.1) is 11.3 Å². The number of amides is 1. The summed E-state index contributed by atoms with van der Waals surface area (Å²) in [5, 5.41) is 2.92. The molecule has 0 unspecified atom stereocenters. The summed E-state index contributed by atoms with van der Waals surface area (Å²) >= 11 is 7.34. The highest BCUT2D eigenvalue weighted by atomic mass is 35.5. The summed E-state index contributed by atoms with van der Waals surface area (Å²) in [6, 6.07) is 7.38. The summed E-state index contributed by atoms with van der Waals surface area (Å²) in [6.45, 7) is 0.815. The first-order chi connectivity index (χ1) is 13.6. The van der Waals surface area contributed by atoms with Crippen molar-refractivity contribution in [3.63, 3.8) is 0 Å². The van der Waals surface area contributed by atoms with E-state index in [1.165, 1.54) is 11.3 Å². The van der Waals surface area contributed by atoms with E-state index >= 15 is 0 Å². The van der Waals surface area contributed by atoms with Crippen LogP contribution in [0.5, 0.6) is 0 Å². The van der Waals surface area contributed by atoms with Gasteiger partial charge in [-0.3, -0.25) is 4.79 Å². The van der Waals surface area contributed by atoms with Crippen molar-refractivity contribution in [3.8, 4) is 10.6 Å². The van der Waals surface area contributed by atoms with Gasteiger partial charge < -0.3 is 14.4 Å². The van der Waals surface area contributed by atoms with Crippen molar-refractivity contribution in [2.75, 3.05) is 19.8 Å². The molecule has 1 saturated carbocycles. The number of carbonyl (C=O) groups is 2. The zero-order valence-electron chi connectivity index (χ0n) is 15.3. The molecule has 2 atom stereocenters. The molecule has 2 heterocycles. The Bertz CT molecular complexity index is 869. The van der Waals surface area contributed by atoms with Crippen LogP contribution >= 0.6 is 22.9 Å². The number of ether oxygens (including phenoxy) is 2. The number of thiazole rings is 1. The number of esters is 1. The van der Waals surface area contributed by atoms with Crippen LogP contribution in [0.4, 0.5) is 0 Å². The number of hydrogen-bond acceptors (Lipinski definition) is 6. The molecule has 8 heteroatoms. The third-order valence-electron chi connectivity index (χ3n) is 5.16. The topological polar surface area (TPSA) is 68.7 Å². The Labute approximate surface area is 172 Å². The van der Waals surface area contributed by atoms with Gasteiger partial charge in [0.15, 0.2) is 12.3 Å². The third kappa shape index (κ3) is 4.21. The molecule has 0 N–H and O–H groups in total. The molecule has 1 aromatic heterocycles. The van der Waals surface area contributed by atoms with Crippen molar-refractivity contribution in [1.29, 1.82) is 0 Å². The molecule has 1 aliphatic carbocycles. The van der Waals surface area contributed by atoms with E-state index < -0.39 is 5.97 Å². The SMILES string of the molecule is O=C(OCC(=O)N1CCO[C@H]2CCCC[C@@H]21)c1csc(-c2cccc(Cl)c2)n1. The molecule has 1 amide bonds. The van der Waals surface area contributed by atoms with E-state index in [0.717, 1.165) is 31.2 Å². The molecular weight excluding hydrogens is 400 g/mol. The van der Waals surface area contributed by atoms with Crippen molar-refractivity contribution < 1.29 is 19.1 Å². The van der Waals surface area contributed by atoms with Crippen LogP contribution in [-0.2, 0) is 14.3 Å². The molecule has 2 aliphatic rings. The van der Waals surface area contributed by atoms with Crippen molar-refractivity contribution in [3.05, 3.63) is 40.4 Å². The number of carbonyl (C=O) groups excluding carboxylic acids is 2. The van der Waals surface area contributed by atoms with Gasteiger partial charge in [0.25, 0.3) is 5.91 Å². The second kappa shape index (κ2) is 8.59. The second-order valence-corrected chi connectivity index (χ2v) is 8.27. The molecule has 2 aromatic rings. The fraction of sp³-hybridized carbons (Fsp3) is 0.450. The first kappa shape index (κ1) is 19.4. The minimum absolute atomic E-state index is 0.0995. The monoisotopic (exact) mass is 420 g/mol. The average molecular weight is 421 g/mol. The minimum Gasteiger partial charge on any atom is -0.451 e. The van der Waals surface area contributed by atoms with Crippen LogP contribution < -0.4 is 0 Å². The molecule has 0 radical (unpaired) electrons. The number of aromatic nitrogens is 1. The van der Waals surface area contributed by atoms with Gasteiger partial charge in [-0.2, -0.15) is 0 Å². The lowest BCUT2D eigenvalue weighted by Crippen LogP contribution is -2.55. The number of morpholine rings is 1. The smallest absolute Gasteiger partial charge is 0.358 e. The Morgan fingerprint density at radius 3 is 3.04 bits per heavy atom. The zero-order chi connectivity index (χ0) is 19.5. The first-order valence-corrected chi connectivity index (χ1v) is 10.7. The summed E-state index contributed by atoms with van der Waals surface area (Å²) in [5.41, 5.74) is 1.04. The molecule has 2 fully saturated rings. The third-order valence-corrected chi connectivity index (χ3v) is 6.29. The lowest BCUT2D eigenvalue weighted by molar-refractivity contribution is -0.152. The number of fused-ring (bicyclic) bond motifs is 1. The molecule has 6 nitrogen and oxygen atoms in total. The largest absolute Gasteiger partial charge is 0.451 e. The number of halogens is 1. The molecular formula is C20H21ClN2O4S. The van der Waals surface area contributed by atoms with E-state index in [4.69, 9.17) is 21.1 Å². The van der Waals surface area contributed by atoms with Crippen LogP contribution in [0.2, 0.25) is 5.02 Å². The van der Waals surface area contributed by atoms with Gasteiger partial charge in [0, 0.05) is 22.5 Å². The Morgan fingerprint density at radius 1 is 1.32 bits per heavy atom. The summed E-state index contributed by atoms with van der Waals surface area (Å²) < 4.78 is 11.0. The highest BCUT2D eigenvalue weighted by Crippen LogP contribution is 2.29. The quantitative estimate of drug-likeness (QED) is 0.704. The normalized spacial score (nSPS) is 21.8. The lowest BCUT2D eigenvalue weighted by Gasteiger charge is -2.43. The molecule has 0 bridgehead atoms. The van der Waals surface area contributed by atoms with Crippen LogP contribution in [0.15, 0.2) is 29.6 Å². The Balaban J connectivity index is 1.36. The van der Waals surface area contributed by atoms with Gasteiger partial charge in [0.05, 0.1) is 18.8 Å². The maximum absolute atomic E-state index is 12.6. The van der Waals surface area contributed by atoms with Crippen LogP contribution in [0, 0.1) is 0 Å². The number of hydrogen-bond donors (Lipinski definition) is 0. The summed E-state index contributed by atoms with van der Waals surface area (Å²) in [6.07, 6.45) is 4.27. The van der Waals surface area contributed by atoms with E-state index in [-0.39, 0.29) is 30.4 Å². The molecule has 1 saturated heterocycles. The van der Waals surface area contributed by atoms with E-state index in [2.05, 4.69) is 4.98 Å². The predicted octanol–water partition coefficient (Wildman–Crippen LogP) is 3.79. The maximum Gasteiger partial charge on any atom is 0.358 e. The van der Waals surface area contributed by atoms with E-state index in [1.807, 2.05) is 17.0 Å². The van der Waals surface area contributed by atoms with Gasteiger partial charge in [0.2, 0.25) is 0 Å². The van der Waals surface area contributed by atoms with Crippen molar-refractivity contribution in [2.45, 2.75) is 37.8 Å². The highest BCUT2D eigenvalue weighted by molar-refractivity contribution is 7.13. The fourth-order valence-corrected chi connectivity index (χ4v) is 4.79. The molecule has 1 aliphatic heterocycles. The second-order valence-electron chi connectivity index (χ2n) is 6.97. The number of nitrogens with zero attached hydrogens (tertiary/aromatic N) is 2. The minimum atomic E-state index is -0.591. The summed E-state index contributed by atoms with van der Waals surface area (Å²) in [5.74, 6) is -0.759. The lowest BCUT2D eigenvalue weighted by atomic mass is 9.90. The van der Waals surface area contributed by atoms with Crippen LogP contribution in [-0.4, -0.2) is 53.7 Å². The molecule has 4 rings (SSSR count). The van der Waals surface area contributed by atoms with Crippen molar-refractivity contribution >= 4 is 34.8 Å². The van der Waals surface area contributed by atoms with E-state index in [9.17, 15) is 9.59 Å². The fourth-order valence-electron chi connectivity index (χ4n) is 3.81. The predicted molar refractivity (Wildman–Crippen MR) is 107 cm³/mol. The van der Waals surface area contributed by atoms with Gasteiger partial charge >= 0.3 is 5.97 Å². The number of benzene rings is 1. The standard InChI is InChI=1S/C20H21ClN2O4S/c21-14-5-3-4-13(10-14)19-22-15(12-28-19)20(25)27-11-18(24)23-8-9-26-17-7-2-1-6-16(17)23/h3-5,10,12,16-17H,1-2,6-9,11H2/t16-,17-/m0/s1. The van der Waals surface area contributed by atoms with Crippen LogP contribution in [0.25, 0.3) is 10.6 Å². The summed E-state index contributed by atoms with van der Waals surface area (Å²) in [7, 11) is 0. The molecule has 0 spiro atoms. The molecule has 28 heavy (non-hydrogen) atoms. The van der Waals surface area contributed by atoms with Crippen LogP contribution in [0.3, 0.4) is 0 Å². The van der Waals surface area contributed by atoms with Crippen LogP contribution in [0.1, 0.15) is 36.2 Å². The Kier molecular flexibility index (Phi) is 5.94. The van der Waals surface area contributed by atoms with Gasteiger partial charge in [-0.1, -0.05) is 36.6 Å². The molecule has 148 valence electrons. The Morgan fingerprint density at radius 2 is 2.18 bits per heavy atom. The van der Waals surface area contributed by atoms with Crippen molar-refractivity contribution in [1.82, 2.24) is 9.88 Å². The van der Waals surface area contributed by atoms with Crippen molar-refractivity contribution in [2.24, 2.45) is 0 Å². The zero-order valence-corrected chi connectivity index (χ0v) is 16.9. The van der Waals surface area contributed by atoms with Gasteiger partial charge in [-0.05, 0) is 25.0 Å². The molecule has 1 aromatic carbocycles. The van der Waals surface area contributed by atoms with Gasteiger partial charge in [-0.25, -0.2) is 9.78 Å². The highest BCUT2D eigenvalue weighted by Gasteiger charge is 2.36. The van der Waals surface area contributed by atoms with E-state index in [0.29, 0.717) is 23.2 Å². The van der Waals surface area contributed by atoms with Gasteiger partial charge in [0.1, 0.15) is 5.01 Å². The van der Waals surface area contributed by atoms with E-state index in [1.54, 1.807) is 17.5 Å².